The van der Waals surface area contributed by atoms with E-state index < -0.39 is 20.8 Å². The zero-order valence-electron chi connectivity index (χ0n) is 16.8. The lowest BCUT2D eigenvalue weighted by molar-refractivity contribution is -0.597. The molecule has 3 aromatic carbocycles. The van der Waals surface area contributed by atoms with E-state index in [-0.39, 0.29) is 26.6 Å². The van der Waals surface area contributed by atoms with Gasteiger partial charge in [0.1, 0.15) is 15.9 Å². The molecule has 0 amide bonds. The fourth-order valence-electron chi connectivity index (χ4n) is 2.34. The Morgan fingerprint density at radius 1 is 0.793 bits per heavy atom. The topological polar surface area (TPSA) is 57.2 Å². The van der Waals surface area contributed by atoms with E-state index in [0.717, 1.165) is 24.3 Å². The van der Waals surface area contributed by atoms with Crippen LogP contribution in [0.3, 0.4) is 0 Å². The first-order chi connectivity index (χ1) is 13.4. The van der Waals surface area contributed by atoms with Gasteiger partial charge >= 0.3 is 21.2 Å². The van der Waals surface area contributed by atoms with E-state index in [1.807, 2.05) is 0 Å². The number of rotatable bonds is 3. The summed E-state index contributed by atoms with van der Waals surface area (Å²) in [6.45, 7) is 8.92. The number of aryl methyl sites for hydroxylation is 1. The Morgan fingerprint density at radius 3 is 1.66 bits per heavy atom. The Morgan fingerprint density at radius 2 is 1.24 bits per heavy atom. The van der Waals surface area contributed by atoms with E-state index in [4.69, 9.17) is 0 Å². The van der Waals surface area contributed by atoms with E-state index >= 15 is 0 Å². The van der Waals surface area contributed by atoms with Gasteiger partial charge in [-0.05, 0) is 66.4 Å². The van der Waals surface area contributed by atoms with Crippen LogP contribution in [0.15, 0.2) is 77.7 Å². The van der Waals surface area contributed by atoms with Crippen molar-refractivity contribution in [3.05, 3.63) is 96.9 Å². The molecule has 3 aromatic rings. The lowest BCUT2D eigenvalue weighted by Gasteiger charge is -2.18. The molecule has 0 aliphatic heterocycles. The molecule has 3 rings (SSSR count). The summed E-state index contributed by atoms with van der Waals surface area (Å²) >= 11 is -0.0336. The van der Waals surface area contributed by atoms with Gasteiger partial charge in [0.2, 0.25) is 0 Å². The predicted octanol–water partition coefficient (Wildman–Crippen LogP) is 2.15. The van der Waals surface area contributed by atoms with Gasteiger partial charge in [-0.1, -0.05) is 50.6 Å². The molecule has 0 bridgehead atoms. The third-order valence-electron chi connectivity index (χ3n) is 4.04. The summed E-state index contributed by atoms with van der Waals surface area (Å²) in [5.41, 5.74) is 3.01. The molecular weight excluding hydrogens is 502 g/mol. The SMILES string of the molecule is Cc1ccc([I+]c2ccc(C(C)(C)C)cc2)cc1.O=S(=O)([O-])c1ccc(F)cc1. The molecule has 0 aromatic heterocycles. The molecular formula is C23H24FIO3S. The maximum absolute atomic E-state index is 12.2. The number of halogens is 2. The molecule has 0 saturated heterocycles. The highest BCUT2D eigenvalue weighted by Gasteiger charge is 2.18. The Labute approximate surface area is 183 Å². The second kappa shape index (κ2) is 9.82. The molecule has 0 aliphatic carbocycles. The van der Waals surface area contributed by atoms with Crippen molar-refractivity contribution in [2.75, 3.05) is 0 Å². The van der Waals surface area contributed by atoms with Crippen LogP contribution in [0.5, 0.6) is 0 Å². The van der Waals surface area contributed by atoms with E-state index in [9.17, 15) is 17.4 Å². The molecule has 3 nitrogen and oxygen atoms in total. The van der Waals surface area contributed by atoms with Crippen LogP contribution in [0.2, 0.25) is 0 Å². The van der Waals surface area contributed by atoms with Crippen LogP contribution in [-0.4, -0.2) is 13.0 Å². The van der Waals surface area contributed by atoms with Crippen LogP contribution in [0.25, 0.3) is 0 Å². The van der Waals surface area contributed by atoms with Crippen molar-refractivity contribution < 1.29 is 38.6 Å². The second-order valence-electron chi connectivity index (χ2n) is 7.55. The first-order valence-corrected chi connectivity index (χ1v) is 12.6. The summed E-state index contributed by atoms with van der Waals surface area (Å²) in [7, 11) is -4.44. The normalized spacial score (nSPS) is 11.5. The van der Waals surface area contributed by atoms with Crippen molar-refractivity contribution in [1.29, 1.82) is 0 Å². The minimum atomic E-state index is -4.44. The number of hydrogen-bond acceptors (Lipinski definition) is 3. The van der Waals surface area contributed by atoms with Gasteiger partial charge < -0.3 is 4.55 Å². The minimum absolute atomic E-state index is 0.0336. The van der Waals surface area contributed by atoms with Gasteiger partial charge in [0.15, 0.2) is 7.14 Å². The van der Waals surface area contributed by atoms with Crippen molar-refractivity contribution in [1.82, 2.24) is 0 Å². The van der Waals surface area contributed by atoms with Crippen LogP contribution in [-0.2, 0) is 15.5 Å². The van der Waals surface area contributed by atoms with Crippen molar-refractivity contribution >= 4 is 10.1 Å². The summed E-state index contributed by atoms with van der Waals surface area (Å²) in [4.78, 5) is -0.418. The first-order valence-electron chi connectivity index (χ1n) is 8.99. The molecule has 0 radical (unpaired) electrons. The summed E-state index contributed by atoms with van der Waals surface area (Å²) in [6, 6.07) is 21.8. The predicted molar refractivity (Wildman–Crippen MR) is 108 cm³/mol. The smallest absolute Gasteiger partial charge is 0.357 e. The Kier molecular flexibility index (Phi) is 7.96. The van der Waals surface area contributed by atoms with E-state index in [0.29, 0.717) is 0 Å². The highest BCUT2D eigenvalue weighted by molar-refractivity contribution is 7.85. The van der Waals surface area contributed by atoms with Crippen molar-refractivity contribution in [2.24, 2.45) is 0 Å². The molecule has 0 spiro atoms. The average Bonchev–Trinajstić information content (AvgIpc) is 2.63. The molecule has 29 heavy (non-hydrogen) atoms. The van der Waals surface area contributed by atoms with Gasteiger partial charge in [-0.3, -0.25) is 0 Å². The molecule has 0 saturated carbocycles. The van der Waals surface area contributed by atoms with Crippen LogP contribution >= 0.6 is 0 Å². The van der Waals surface area contributed by atoms with Crippen LogP contribution in [0.1, 0.15) is 31.9 Å². The average molecular weight is 526 g/mol. The van der Waals surface area contributed by atoms with E-state index in [1.165, 1.54) is 18.3 Å². The summed E-state index contributed by atoms with van der Waals surface area (Å²) in [6.07, 6.45) is 0. The summed E-state index contributed by atoms with van der Waals surface area (Å²) < 4.78 is 46.0. The second-order valence-corrected chi connectivity index (χ2v) is 12.0. The Balaban J connectivity index is 0.000000234. The van der Waals surface area contributed by atoms with Gasteiger partial charge in [0, 0.05) is 0 Å². The van der Waals surface area contributed by atoms with E-state index in [2.05, 4.69) is 76.2 Å². The number of benzene rings is 3. The van der Waals surface area contributed by atoms with Crippen molar-refractivity contribution in [3.63, 3.8) is 0 Å². The Hall–Kier alpha value is -1.77. The standard InChI is InChI=1S/C17H20I.C6H5FO3S/c1-13-5-9-15(10-6-13)18-16-11-7-14(8-12-16)17(2,3)4;7-5-1-3-6(4-2-5)11(8,9)10/h5-12H,1-4H3;1-4H,(H,8,9,10)/q+1;/p-1. The molecule has 0 unspecified atom stereocenters. The number of hydrogen-bond donors (Lipinski definition) is 0. The molecule has 0 atom stereocenters. The van der Waals surface area contributed by atoms with Crippen LogP contribution < -0.4 is 21.2 Å². The molecule has 0 aliphatic rings. The fraction of sp³-hybridized carbons (Fsp3) is 0.217. The zero-order valence-corrected chi connectivity index (χ0v) is 19.8. The Bertz CT molecular complexity index is 1020. The van der Waals surface area contributed by atoms with Gasteiger partial charge in [0.25, 0.3) is 0 Å². The molecule has 6 heteroatoms. The van der Waals surface area contributed by atoms with Gasteiger partial charge in [-0.25, -0.2) is 12.8 Å². The monoisotopic (exact) mass is 526 g/mol. The maximum Gasteiger partial charge on any atom is 0.357 e. The fourth-order valence-corrected chi connectivity index (χ4v) is 4.96. The van der Waals surface area contributed by atoms with Crippen molar-refractivity contribution in [3.8, 4) is 0 Å². The maximum atomic E-state index is 12.2. The zero-order chi connectivity index (χ0) is 21.7. The molecule has 154 valence electrons. The summed E-state index contributed by atoms with van der Waals surface area (Å²) in [5.74, 6) is -0.572. The highest BCUT2D eigenvalue weighted by atomic mass is 127. The molecule has 0 heterocycles. The lowest BCUT2D eigenvalue weighted by Crippen LogP contribution is -3.61. The van der Waals surface area contributed by atoms with Gasteiger partial charge in [0.05, 0.1) is 4.90 Å². The first kappa shape index (κ1) is 23.5. The van der Waals surface area contributed by atoms with E-state index in [1.54, 1.807) is 0 Å². The third-order valence-corrected chi connectivity index (χ3v) is 7.58. The summed E-state index contributed by atoms with van der Waals surface area (Å²) in [5, 5.41) is 0. The quantitative estimate of drug-likeness (QED) is 0.389. The van der Waals surface area contributed by atoms with Crippen molar-refractivity contribution in [2.45, 2.75) is 38.0 Å². The lowest BCUT2D eigenvalue weighted by atomic mass is 9.87. The van der Waals surface area contributed by atoms with Crippen LogP contribution in [0.4, 0.5) is 4.39 Å². The minimum Gasteiger partial charge on any atom is -0.744 e. The largest absolute Gasteiger partial charge is 0.744 e. The van der Waals surface area contributed by atoms with Gasteiger partial charge in [-0.2, -0.15) is 0 Å². The molecule has 0 fully saturated rings. The van der Waals surface area contributed by atoms with Gasteiger partial charge in [-0.15, -0.1) is 0 Å². The highest BCUT2D eigenvalue weighted by Crippen LogP contribution is 2.20. The molecule has 0 N–H and O–H groups in total. The third kappa shape index (κ3) is 7.87. The van der Waals surface area contributed by atoms with Crippen LogP contribution in [0, 0.1) is 19.9 Å².